The number of carboxylic acid groups (broad SMARTS) is 1. The molecule has 0 aliphatic carbocycles. The van der Waals surface area contributed by atoms with Crippen LogP contribution in [0.5, 0.6) is 11.5 Å². The molecule has 1 heterocycles. The monoisotopic (exact) mass is 548 g/mol. The summed E-state index contributed by atoms with van der Waals surface area (Å²) in [5, 5.41) is 21.9. The SMILES string of the molecule is COc1cccc([C@H]2O[C@H](CC(=O)N[C@H](C)C(=O)O)C(=O)N(CC(C)(C)CO)c3ccc(Cl)cc32)c1OC. The third kappa shape index (κ3) is 6.38. The minimum Gasteiger partial charge on any atom is -0.493 e. The molecule has 3 rings (SSSR count). The Morgan fingerprint density at radius 3 is 2.50 bits per heavy atom. The van der Waals surface area contributed by atoms with Gasteiger partial charge in [-0.25, -0.2) is 0 Å². The Labute approximate surface area is 226 Å². The van der Waals surface area contributed by atoms with E-state index < -0.39 is 47.9 Å². The number of halogens is 1. The number of hydrogen-bond donors (Lipinski definition) is 3. The quantitative estimate of drug-likeness (QED) is 0.412. The van der Waals surface area contributed by atoms with E-state index in [1.165, 1.54) is 26.0 Å². The summed E-state index contributed by atoms with van der Waals surface area (Å²) in [6.45, 7) is 4.86. The summed E-state index contributed by atoms with van der Waals surface area (Å²) in [4.78, 5) is 39.5. The van der Waals surface area contributed by atoms with Crippen molar-refractivity contribution in [2.75, 3.05) is 32.3 Å². The Balaban J connectivity index is 2.19. The molecule has 10 nitrogen and oxygen atoms in total. The molecule has 1 aliphatic heterocycles. The molecular formula is C27H33ClN2O8. The molecule has 0 saturated heterocycles. The van der Waals surface area contributed by atoms with Crippen molar-refractivity contribution >= 4 is 35.1 Å². The van der Waals surface area contributed by atoms with Gasteiger partial charge in [0.1, 0.15) is 18.2 Å². The van der Waals surface area contributed by atoms with Crippen molar-refractivity contribution in [3.05, 3.63) is 52.5 Å². The van der Waals surface area contributed by atoms with Gasteiger partial charge >= 0.3 is 5.97 Å². The maximum Gasteiger partial charge on any atom is 0.325 e. The minimum absolute atomic E-state index is 0.117. The summed E-state index contributed by atoms with van der Waals surface area (Å²) in [7, 11) is 2.98. The molecule has 1 aliphatic rings. The highest BCUT2D eigenvalue weighted by atomic mass is 35.5. The second-order valence-corrected chi connectivity index (χ2v) is 10.3. The molecule has 0 fully saturated rings. The first-order valence-electron chi connectivity index (χ1n) is 12.0. The highest BCUT2D eigenvalue weighted by Crippen LogP contribution is 2.45. The van der Waals surface area contributed by atoms with Crippen molar-refractivity contribution in [1.29, 1.82) is 0 Å². The van der Waals surface area contributed by atoms with Gasteiger partial charge in [0, 0.05) is 40.4 Å². The van der Waals surface area contributed by atoms with Crippen LogP contribution in [0.1, 0.15) is 44.4 Å². The fraction of sp³-hybridized carbons (Fsp3) is 0.444. The van der Waals surface area contributed by atoms with Crippen molar-refractivity contribution in [1.82, 2.24) is 5.32 Å². The van der Waals surface area contributed by atoms with Crippen LogP contribution in [0.2, 0.25) is 5.02 Å². The molecule has 0 aromatic heterocycles. The van der Waals surface area contributed by atoms with E-state index in [-0.39, 0.29) is 13.2 Å². The highest BCUT2D eigenvalue weighted by molar-refractivity contribution is 6.30. The van der Waals surface area contributed by atoms with Crippen LogP contribution in [0.15, 0.2) is 36.4 Å². The summed E-state index contributed by atoms with van der Waals surface area (Å²) in [5.74, 6) is -1.57. The van der Waals surface area contributed by atoms with E-state index >= 15 is 0 Å². The second-order valence-electron chi connectivity index (χ2n) is 9.87. The summed E-state index contributed by atoms with van der Waals surface area (Å²) in [5.41, 5.74) is 0.895. The normalized spacial score (nSPS) is 18.3. The number of aliphatic hydroxyl groups is 1. The summed E-state index contributed by atoms with van der Waals surface area (Å²) >= 11 is 6.39. The number of aliphatic carboxylic acids is 1. The van der Waals surface area contributed by atoms with Crippen molar-refractivity contribution in [3.63, 3.8) is 0 Å². The first-order valence-corrected chi connectivity index (χ1v) is 12.4. The Hall–Kier alpha value is -3.34. The summed E-state index contributed by atoms with van der Waals surface area (Å²) < 4.78 is 17.5. The van der Waals surface area contributed by atoms with Gasteiger partial charge in [0.15, 0.2) is 11.5 Å². The van der Waals surface area contributed by atoms with Crippen LogP contribution in [0.4, 0.5) is 5.69 Å². The fourth-order valence-corrected chi connectivity index (χ4v) is 4.42. The van der Waals surface area contributed by atoms with Gasteiger partial charge in [0.2, 0.25) is 5.91 Å². The zero-order valence-electron chi connectivity index (χ0n) is 22.0. The number of anilines is 1. The lowest BCUT2D eigenvalue weighted by Gasteiger charge is -2.32. The van der Waals surface area contributed by atoms with E-state index in [4.69, 9.17) is 25.8 Å². The fourth-order valence-electron chi connectivity index (χ4n) is 4.24. The molecule has 0 radical (unpaired) electrons. The lowest BCUT2D eigenvalue weighted by Crippen LogP contribution is -2.47. The standard InChI is InChI=1S/C27H33ClN2O8/c1-15(26(34)35)29-22(32)12-21-25(33)30(13-27(2,3)14-31)19-10-9-16(28)11-18(19)23(38-21)17-7-6-8-20(36-4)24(17)37-5/h6-11,15,21,23,31H,12-14H2,1-5H3,(H,29,32)(H,34,35)/t15-,21-,23-/m1/s1. The molecule has 2 amide bonds. The average Bonchev–Trinajstić information content (AvgIpc) is 2.98. The molecule has 38 heavy (non-hydrogen) atoms. The van der Waals surface area contributed by atoms with Crippen molar-refractivity contribution in [2.24, 2.45) is 5.41 Å². The molecule has 0 saturated carbocycles. The molecule has 0 spiro atoms. The van der Waals surface area contributed by atoms with E-state index in [2.05, 4.69) is 5.32 Å². The average molecular weight is 549 g/mol. The van der Waals surface area contributed by atoms with E-state index in [1.807, 2.05) is 0 Å². The first-order chi connectivity index (χ1) is 17.9. The van der Waals surface area contributed by atoms with Gasteiger partial charge in [-0.15, -0.1) is 0 Å². The maximum absolute atomic E-state index is 13.9. The number of amides is 2. The number of fused-ring (bicyclic) bond motifs is 1. The number of hydrogen-bond acceptors (Lipinski definition) is 7. The van der Waals surface area contributed by atoms with E-state index in [9.17, 15) is 24.6 Å². The summed E-state index contributed by atoms with van der Waals surface area (Å²) in [6.07, 6.45) is -2.64. The van der Waals surface area contributed by atoms with Crippen LogP contribution in [0.3, 0.4) is 0 Å². The number of para-hydroxylation sites is 1. The van der Waals surface area contributed by atoms with Crippen LogP contribution in [0, 0.1) is 5.41 Å². The van der Waals surface area contributed by atoms with Crippen molar-refractivity contribution < 1.29 is 38.8 Å². The third-order valence-corrected chi connectivity index (χ3v) is 6.49. The molecule has 3 atom stereocenters. The van der Waals surface area contributed by atoms with Gasteiger partial charge in [-0.05, 0) is 31.2 Å². The molecule has 206 valence electrons. The molecule has 11 heteroatoms. The molecule has 0 unspecified atom stereocenters. The van der Waals surface area contributed by atoms with Crippen molar-refractivity contribution in [2.45, 2.75) is 45.4 Å². The third-order valence-electron chi connectivity index (χ3n) is 6.25. The Kier molecular flexibility index (Phi) is 9.24. The molecular weight excluding hydrogens is 516 g/mol. The minimum atomic E-state index is -1.29. The van der Waals surface area contributed by atoms with Crippen molar-refractivity contribution in [3.8, 4) is 11.5 Å². The van der Waals surface area contributed by atoms with E-state index in [1.54, 1.807) is 50.2 Å². The zero-order valence-corrected chi connectivity index (χ0v) is 22.7. The number of carbonyl (C=O) groups excluding carboxylic acids is 2. The second kappa shape index (κ2) is 12.0. The van der Waals surface area contributed by atoms with Gasteiger partial charge in [0.25, 0.3) is 5.91 Å². The molecule has 2 aromatic carbocycles. The lowest BCUT2D eigenvalue weighted by molar-refractivity contribution is -0.143. The number of benzene rings is 2. The first kappa shape index (κ1) is 29.2. The number of aliphatic hydroxyl groups excluding tert-OH is 1. The van der Waals surface area contributed by atoms with E-state index in [0.717, 1.165) is 0 Å². The van der Waals surface area contributed by atoms with Crippen LogP contribution >= 0.6 is 11.6 Å². The number of nitrogens with zero attached hydrogens (tertiary/aromatic N) is 1. The Morgan fingerprint density at radius 2 is 1.89 bits per heavy atom. The topological polar surface area (TPSA) is 135 Å². The Bertz CT molecular complexity index is 1200. The van der Waals surface area contributed by atoms with Crippen LogP contribution < -0.4 is 19.7 Å². The maximum atomic E-state index is 13.9. The van der Waals surface area contributed by atoms with E-state index in [0.29, 0.717) is 33.3 Å². The number of carbonyl (C=O) groups is 3. The predicted molar refractivity (Wildman–Crippen MR) is 141 cm³/mol. The van der Waals surface area contributed by atoms with Crippen LogP contribution in [0.25, 0.3) is 0 Å². The number of methoxy groups -OCH3 is 2. The number of nitrogens with one attached hydrogen (secondary N) is 1. The van der Waals surface area contributed by atoms with Crippen LogP contribution in [-0.2, 0) is 19.1 Å². The zero-order chi connectivity index (χ0) is 28.2. The number of ether oxygens (including phenoxy) is 3. The van der Waals surface area contributed by atoms with Crippen LogP contribution in [-0.4, -0.2) is 67.5 Å². The van der Waals surface area contributed by atoms with Gasteiger partial charge in [0.05, 0.1) is 20.6 Å². The largest absolute Gasteiger partial charge is 0.493 e. The Morgan fingerprint density at radius 1 is 1.18 bits per heavy atom. The van der Waals surface area contributed by atoms with Gasteiger partial charge < -0.3 is 34.6 Å². The molecule has 2 aromatic rings. The van der Waals surface area contributed by atoms with Gasteiger partial charge in [-0.1, -0.05) is 37.6 Å². The highest BCUT2D eigenvalue weighted by Gasteiger charge is 2.40. The molecule has 3 N–H and O–H groups in total. The number of rotatable bonds is 10. The molecule has 0 bridgehead atoms. The van der Waals surface area contributed by atoms with Gasteiger partial charge in [-0.2, -0.15) is 0 Å². The predicted octanol–water partition coefficient (Wildman–Crippen LogP) is 3.18. The van der Waals surface area contributed by atoms with Gasteiger partial charge in [-0.3, -0.25) is 14.4 Å². The summed E-state index contributed by atoms with van der Waals surface area (Å²) in [6, 6.07) is 9.10. The lowest BCUT2D eigenvalue weighted by atomic mass is 9.92. The number of carboxylic acids is 1. The smallest absolute Gasteiger partial charge is 0.325 e.